The van der Waals surface area contributed by atoms with Crippen LogP contribution in [0, 0.1) is 0 Å². The summed E-state index contributed by atoms with van der Waals surface area (Å²) in [6.45, 7) is 6.86. The van der Waals surface area contributed by atoms with Crippen LogP contribution < -0.4 is 5.32 Å². The van der Waals surface area contributed by atoms with Gasteiger partial charge in [-0.05, 0) is 89.5 Å². The molecule has 3 unspecified atom stereocenters. The van der Waals surface area contributed by atoms with Crippen molar-refractivity contribution in [2.24, 2.45) is 0 Å². The predicted molar refractivity (Wildman–Crippen MR) is 286 cm³/mol. The maximum absolute atomic E-state index is 13.4. The zero-order valence-electron chi connectivity index (χ0n) is 43.9. The van der Waals surface area contributed by atoms with Gasteiger partial charge in [-0.25, -0.2) is 4.57 Å². The molecule has 10 heteroatoms. The van der Waals surface area contributed by atoms with Crippen molar-refractivity contribution in [2.75, 3.05) is 40.9 Å². The van der Waals surface area contributed by atoms with Gasteiger partial charge in [0.2, 0.25) is 5.91 Å². The Kier molecular flexibility index (Phi) is 44.9. The predicted octanol–water partition coefficient (Wildman–Crippen LogP) is 15.9. The van der Waals surface area contributed by atoms with E-state index in [1.165, 1.54) is 109 Å². The molecule has 0 spiro atoms. The first kappa shape index (κ1) is 64.2. The Morgan fingerprint density at radius 2 is 0.925 bits per heavy atom. The molecule has 0 aliphatic heterocycles. The number of phosphoric acid groups is 1. The number of nitrogens with one attached hydrogen (secondary N) is 1. The Balaban J connectivity index is 5.55. The summed E-state index contributed by atoms with van der Waals surface area (Å²) in [5, 5.41) is 2.98. The lowest BCUT2D eigenvalue weighted by atomic mass is 10.1. The second-order valence-electron chi connectivity index (χ2n) is 19.0. The summed E-state index contributed by atoms with van der Waals surface area (Å²) in [6, 6.07) is -0.902. The Bertz CT molecular complexity index is 1430. The number of likely N-dealkylation sites (N-methyl/N-ethyl adjacent to an activating group) is 1. The molecule has 0 saturated carbocycles. The number of hydrogen-bond acceptors (Lipinski definition) is 6. The normalized spacial score (nSPS) is 14.6. The van der Waals surface area contributed by atoms with Gasteiger partial charge in [-0.1, -0.05) is 196 Å². The van der Waals surface area contributed by atoms with Gasteiger partial charge in [0.25, 0.3) is 0 Å². The van der Waals surface area contributed by atoms with E-state index >= 15 is 0 Å². The largest absolute Gasteiger partial charge is 0.472 e. The van der Waals surface area contributed by atoms with E-state index in [0.29, 0.717) is 23.9 Å². The number of rotatable bonds is 47. The lowest BCUT2D eigenvalue weighted by Gasteiger charge is -2.27. The van der Waals surface area contributed by atoms with Gasteiger partial charge in [0, 0.05) is 12.8 Å². The lowest BCUT2D eigenvalue weighted by Crippen LogP contribution is -2.47. The summed E-state index contributed by atoms with van der Waals surface area (Å²) < 4.78 is 30.4. The molecule has 2 N–H and O–H groups in total. The average Bonchev–Trinajstić information content (AvgIpc) is 3.28. The number of allylic oxidation sites excluding steroid dienone is 13. The summed E-state index contributed by atoms with van der Waals surface area (Å²) >= 11 is 0. The van der Waals surface area contributed by atoms with Gasteiger partial charge in [-0.3, -0.25) is 18.6 Å². The maximum Gasteiger partial charge on any atom is 0.472 e. The fourth-order valence-electron chi connectivity index (χ4n) is 7.10. The van der Waals surface area contributed by atoms with Gasteiger partial charge >= 0.3 is 13.8 Å². The van der Waals surface area contributed by atoms with Gasteiger partial charge in [0.05, 0.1) is 33.8 Å². The molecule has 3 atom stereocenters. The Labute approximate surface area is 412 Å². The third-order valence-corrected chi connectivity index (χ3v) is 12.3. The number of unbranched alkanes of at least 4 members (excludes halogenated alkanes) is 19. The molecule has 0 aromatic carbocycles. The van der Waals surface area contributed by atoms with Crippen molar-refractivity contribution < 1.29 is 37.3 Å². The molecular weight excluding hydrogens is 856 g/mol. The highest BCUT2D eigenvalue weighted by Crippen LogP contribution is 2.43. The molecule has 0 aromatic rings. The summed E-state index contributed by atoms with van der Waals surface area (Å²) in [5.74, 6) is -0.656. The zero-order valence-corrected chi connectivity index (χ0v) is 44.8. The van der Waals surface area contributed by atoms with Crippen molar-refractivity contribution >= 4 is 19.7 Å². The Morgan fingerprint density at radius 1 is 0.522 bits per heavy atom. The van der Waals surface area contributed by atoms with E-state index in [4.69, 9.17) is 13.8 Å². The van der Waals surface area contributed by atoms with E-state index in [-0.39, 0.29) is 32.0 Å². The van der Waals surface area contributed by atoms with Crippen LogP contribution in [-0.2, 0) is 27.9 Å². The molecule has 9 nitrogen and oxygen atoms in total. The molecule has 0 rings (SSSR count). The SMILES string of the molecule is CCCCC/C=C\C/C=C\C/C=C\C/C=C\CCCC(=O)OC(/C=C/CCCCCCCCCCC)C(COP(=O)(O)OCC[N+](C)(C)C)NC(=O)CC/C=C/C/C=C\CCCCCCCC. The number of ether oxygens (including phenoxy) is 1. The first-order chi connectivity index (χ1) is 32.4. The fourth-order valence-corrected chi connectivity index (χ4v) is 7.83. The molecule has 67 heavy (non-hydrogen) atoms. The van der Waals surface area contributed by atoms with Crippen molar-refractivity contribution in [1.82, 2.24) is 5.32 Å². The van der Waals surface area contributed by atoms with Gasteiger partial charge in [-0.2, -0.15) is 0 Å². The minimum atomic E-state index is -4.47. The van der Waals surface area contributed by atoms with E-state index in [1.54, 1.807) is 6.08 Å². The standard InChI is InChI=1S/C57H101N2O7P/c1-7-10-13-16-19-22-25-27-28-29-30-32-35-38-41-44-47-50-57(61)66-55(48-45-42-39-36-33-24-21-18-15-12-9-3)54(53-65-67(62,63)64-52-51-59(4,5)6)58-56(60)49-46-43-40-37-34-31-26-23-20-17-14-11-8-2/h19,22,27-28,30-32,34,38,40-41,43,45,48,54-55H,7-18,20-21,23-26,29,33,35-37,39,42,44,46-47,49-53H2,1-6H3,(H-,58,60,62,63)/p+1/b22-19-,28-27-,32-30-,34-31-,41-38-,43-40+,48-45+. The number of phosphoric ester groups is 1. The number of quaternary nitrogens is 1. The van der Waals surface area contributed by atoms with E-state index in [0.717, 1.165) is 57.8 Å². The van der Waals surface area contributed by atoms with Crippen LogP contribution >= 0.6 is 7.82 Å². The summed E-state index contributed by atoms with van der Waals surface area (Å²) in [7, 11) is 1.42. The highest BCUT2D eigenvalue weighted by Gasteiger charge is 2.30. The quantitative estimate of drug-likeness (QED) is 0.0205. The topological polar surface area (TPSA) is 111 Å². The van der Waals surface area contributed by atoms with Crippen LogP contribution in [0.3, 0.4) is 0 Å². The van der Waals surface area contributed by atoms with Crippen molar-refractivity contribution in [3.8, 4) is 0 Å². The van der Waals surface area contributed by atoms with E-state index in [1.807, 2.05) is 33.3 Å². The van der Waals surface area contributed by atoms with Gasteiger partial charge < -0.3 is 19.4 Å². The smallest absolute Gasteiger partial charge is 0.456 e. The molecule has 0 bridgehead atoms. The average molecular weight is 958 g/mol. The number of carbonyl (C=O) groups excluding carboxylic acids is 2. The third-order valence-electron chi connectivity index (χ3n) is 11.3. The highest BCUT2D eigenvalue weighted by atomic mass is 31.2. The molecular formula is C57H102N2O7P+. The monoisotopic (exact) mass is 958 g/mol. The van der Waals surface area contributed by atoms with Crippen LogP contribution in [-0.4, -0.2) is 74.3 Å². The molecule has 0 radical (unpaired) electrons. The fraction of sp³-hybridized carbons (Fsp3) is 0.719. The van der Waals surface area contributed by atoms with Crippen molar-refractivity contribution in [3.05, 3.63) is 85.1 Å². The lowest BCUT2D eigenvalue weighted by molar-refractivity contribution is -0.870. The van der Waals surface area contributed by atoms with Crippen LogP contribution in [0.25, 0.3) is 0 Å². The van der Waals surface area contributed by atoms with Gasteiger partial charge in [0.1, 0.15) is 19.3 Å². The minimum absolute atomic E-state index is 0.0192. The summed E-state index contributed by atoms with van der Waals surface area (Å²) in [5.41, 5.74) is 0. The molecule has 0 fully saturated rings. The second kappa shape index (κ2) is 46.9. The number of hydrogen-bond donors (Lipinski definition) is 2. The van der Waals surface area contributed by atoms with E-state index < -0.39 is 25.9 Å². The molecule has 0 aromatic heterocycles. The van der Waals surface area contributed by atoms with Crippen LogP contribution in [0.4, 0.5) is 0 Å². The Morgan fingerprint density at radius 3 is 1.42 bits per heavy atom. The molecule has 0 saturated heterocycles. The van der Waals surface area contributed by atoms with Gasteiger partial charge in [0.15, 0.2) is 0 Å². The number of nitrogens with zero attached hydrogens (tertiary/aromatic N) is 1. The number of esters is 1. The molecule has 1 amide bonds. The van der Waals surface area contributed by atoms with Gasteiger partial charge in [-0.15, -0.1) is 0 Å². The van der Waals surface area contributed by atoms with Crippen molar-refractivity contribution in [1.29, 1.82) is 0 Å². The first-order valence-electron chi connectivity index (χ1n) is 26.9. The molecule has 0 aliphatic rings. The molecule has 0 aliphatic carbocycles. The highest BCUT2D eigenvalue weighted by molar-refractivity contribution is 7.47. The summed E-state index contributed by atoms with van der Waals surface area (Å²) in [6.07, 6.45) is 60.3. The third kappa shape index (κ3) is 48.0. The van der Waals surface area contributed by atoms with Crippen LogP contribution in [0.5, 0.6) is 0 Å². The van der Waals surface area contributed by atoms with Crippen molar-refractivity contribution in [2.45, 2.75) is 226 Å². The number of carbonyl (C=O) groups is 2. The number of amides is 1. The van der Waals surface area contributed by atoms with E-state index in [9.17, 15) is 19.0 Å². The van der Waals surface area contributed by atoms with Crippen LogP contribution in [0.2, 0.25) is 0 Å². The first-order valence-corrected chi connectivity index (χ1v) is 28.4. The Hall–Kier alpha value is -2.81. The molecule has 386 valence electrons. The van der Waals surface area contributed by atoms with Crippen LogP contribution in [0.1, 0.15) is 213 Å². The van der Waals surface area contributed by atoms with Crippen molar-refractivity contribution in [3.63, 3.8) is 0 Å². The zero-order chi connectivity index (χ0) is 49.4. The molecule has 0 heterocycles. The maximum atomic E-state index is 13.4. The minimum Gasteiger partial charge on any atom is -0.456 e. The van der Waals surface area contributed by atoms with Crippen LogP contribution in [0.15, 0.2) is 85.1 Å². The second-order valence-corrected chi connectivity index (χ2v) is 20.5. The summed E-state index contributed by atoms with van der Waals surface area (Å²) in [4.78, 5) is 37.4. The van der Waals surface area contributed by atoms with E-state index in [2.05, 4.69) is 92.9 Å².